The van der Waals surface area contributed by atoms with Gasteiger partial charge in [-0.2, -0.15) is 8.42 Å². The van der Waals surface area contributed by atoms with Crippen LogP contribution in [0.1, 0.15) is 10.4 Å². The lowest BCUT2D eigenvalue weighted by atomic mass is 10.2. The van der Waals surface area contributed by atoms with Gasteiger partial charge in [0.05, 0.1) is 10.5 Å². The highest BCUT2D eigenvalue weighted by Gasteiger charge is 2.14. The first-order valence-electron chi connectivity index (χ1n) is 3.42. The van der Waals surface area contributed by atoms with Crippen LogP contribution in [-0.4, -0.2) is 23.6 Å². The average molecular weight is 234 g/mol. The van der Waals surface area contributed by atoms with E-state index in [4.69, 9.17) is 9.66 Å². The van der Waals surface area contributed by atoms with E-state index in [0.717, 1.165) is 18.2 Å². The molecule has 0 radical (unpaired) electrons. The highest BCUT2D eigenvalue weighted by molar-refractivity contribution is 7.85. The fraction of sp³-hybridized carbons (Fsp3) is 0. The van der Waals surface area contributed by atoms with Crippen molar-refractivity contribution in [2.24, 2.45) is 0 Å². The van der Waals surface area contributed by atoms with Gasteiger partial charge >= 0.3 is 0 Å². The van der Waals surface area contributed by atoms with Gasteiger partial charge in [0, 0.05) is 0 Å². The lowest BCUT2D eigenvalue weighted by Crippen LogP contribution is -2.00. The van der Waals surface area contributed by atoms with Crippen LogP contribution in [0.25, 0.3) is 0 Å². The zero-order valence-corrected chi connectivity index (χ0v) is 8.81. The minimum absolute atomic E-state index is 0.176. The number of aromatic hydroxyl groups is 1. The number of phenols is 1. The van der Waals surface area contributed by atoms with Gasteiger partial charge in [-0.05, 0) is 18.2 Å². The van der Waals surface area contributed by atoms with Crippen LogP contribution in [-0.2, 0) is 10.1 Å². The van der Waals surface area contributed by atoms with E-state index >= 15 is 0 Å². The summed E-state index contributed by atoms with van der Waals surface area (Å²) in [6.45, 7) is 0. The fourth-order valence-corrected chi connectivity index (χ4v) is 1.61. The van der Waals surface area contributed by atoms with Crippen molar-refractivity contribution in [1.29, 1.82) is 0 Å². The first-order chi connectivity index (χ1) is 6.32. The molecular weight excluding hydrogens is 227 g/mol. The Morgan fingerprint density at radius 2 is 1.93 bits per heavy atom. The average Bonchev–Trinajstić information content (AvgIpc) is 2.02. The third-order valence-corrected chi connectivity index (χ3v) is 2.69. The standard InChI is InChI=1S/C7H7O5PS/c8-6-2-1-4(14(10,11)12)3-5(6)7(9)13/h1-3,8H,13H2,(H,10,11,12). The minimum atomic E-state index is -4.35. The Hall–Kier alpha value is -0.970. The van der Waals surface area contributed by atoms with Gasteiger partial charge in [-0.1, -0.05) is 9.24 Å². The molecule has 0 saturated carbocycles. The maximum atomic E-state index is 10.9. The normalized spacial score (nSPS) is 11.3. The topological polar surface area (TPSA) is 91.7 Å². The van der Waals surface area contributed by atoms with Crippen molar-refractivity contribution in [1.82, 2.24) is 0 Å². The van der Waals surface area contributed by atoms with Gasteiger partial charge in [-0.25, -0.2) is 0 Å². The highest BCUT2D eigenvalue weighted by Crippen LogP contribution is 2.23. The van der Waals surface area contributed by atoms with Crippen molar-refractivity contribution in [3.63, 3.8) is 0 Å². The molecule has 1 aromatic rings. The number of phenolic OH excluding ortho intramolecular Hbond substituents is 1. The van der Waals surface area contributed by atoms with Crippen molar-refractivity contribution in [2.75, 3.05) is 0 Å². The molecular formula is C7H7O5PS. The van der Waals surface area contributed by atoms with Gasteiger partial charge in [0.15, 0.2) is 5.52 Å². The molecule has 5 nitrogen and oxygen atoms in total. The highest BCUT2D eigenvalue weighted by atomic mass is 32.2. The number of carbonyl (C=O) groups excluding carboxylic acids is 1. The second-order valence-electron chi connectivity index (χ2n) is 2.52. The predicted molar refractivity (Wildman–Crippen MR) is 52.0 cm³/mol. The molecule has 1 unspecified atom stereocenters. The largest absolute Gasteiger partial charge is 0.507 e. The van der Waals surface area contributed by atoms with E-state index in [1.165, 1.54) is 0 Å². The summed E-state index contributed by atoms with van der Waals surface area (Å²) in [6.07, 6.45) is 0. The summed E-state index contributed by atoms with van der Waals surface area (Å²) in [6, 6.07) is 2.93. The molecule has 1 rings (SSSR count). The molecule has 1 aromatic carbocycles. The first kappa shape index (κ1) is 11.1. The third-order valence-electron chi connectivity index (χ3n) is 1.53. The van der Waals surface area contributed by atoms with Crippen molar-refractivity contribution < 1.29 is 22.9 Å². The first-order valence-corrected chi connectivity index (χ1v) is 5.44. The van der Waals surface area contributed by atoms with E-state index in [1.54, 1.807) is 9.24 Å². The summed E-state index contributed by atoms with van der Waals surface area (Å²) in [5.41, 5.74) is -0.738. The number of rotatable bonds is 2. The molecule has 14 heavy (non-hydrogen) atoms. The molecule has 2 N–H and O–H groups in total. The fourth-order valence-electron chi connectivity index (χ4n) is 0.873. The van der Waals surface area contributed by atoms with Gasteiger partial charge in [-0.15, -0.1) is 0 Å². The number of hydrogen-bond acceptors (Lipinski definition) is 4. The molecule has 0 saturated heterocycles. The summed E-state index contributed by atoms with van der Waals surface area (Å²) in [4.78, 5) is 10.4. The molecule has 0 aromatic heterocycles. The predicted octanol–water partition coefficient (Wildman–Crippen LogP) is 0.654. The lowest BCUT2D eigenvalue weighted by Gasteiger charge is -2.02. The van der Waals surface area contributed by atoms with E-state index in [-0.39, 0.29) is 11.3 Å². The zero-order valence-electron chi connectivity index (χ0n) is 6.84. The van der Waals surface area contributed by atoms with Crippen molar-refractivity contribution in [3.8, 4) is 5.75 Å². The van der Waals surface area contributed by atoms with Gasteiger partial charge in [-0.3, -0.25) is 9.35 Å². The second kappa shape index (κ2) is 3.65. The van der Waals surface area contributed by atoms with Crippen LogP contribution in [0.4, 0.5) is 0 Å². The van der Waals surface area contributed by atoms with Crippen LogP contribution in [0, 0.1) is 0 Å². The van der Waals surface area contributed by atoms with E-state index < -0.39 is 20.5 Å². The van der Waals surface area contributed by atoms with Crippen molar-refractivity contribution >= 4 is 24.9 Å². The smallest absolute Gasteiger partial charge is 0.294 e. The molecule has 0 amide bonds. The van der Waals surface area contributed by atoms with Crippen molar-refractivity contribution in [2.45, 2.75) is 4.90 Å². The van der Waals surface area contributed by atoms with Crippen LogP contribution in [0.5, 0.6) is 5.75 Å². The van der Waals surface area contributed by atoms with Gasteiger partial charge in [0.25, 0.3) is 10.1 Å². The molecule has 0 bridgehead atoms. The molecule has 1 atom stereocenters. The Kier molecular flexibility index (Phi) is 2.89. The molecule has 0 heterocycles. The van der Waals surface area contributed by atoms with Crippen LogP contribution >= 0.6 is 9.24 Å². The van der Waals surface area contributed by atoms with Crippen LogP contribution in [0.2, 0.25) is 0 Å². The third kappa shape index (κ3) is 2.29. The number of benzene rings is 1. The molecule has 0 fully saturated rings. The van der Waals surface area contributed by atoms with Crippen LogP contribution in [0.15, 0.2) is 23.1 Å². The molecule has 0 spiro atoms. The quantitative estimate of drug-likeness (QED) is 0.579. The Bertz CT molecular complexity index is 479. The van der Waals surface area contributed by atoms with Crippen molar-refractivity contribution in [3.05, 3.63) is 23.8 Å². The Labute approximate surface area is 82.7 Å². The number of carbonyl (C=O) groups is 1. The molecule has 0 aliphatic carbocycles. The van der Waals surface area contributed by atoms with Gasteiger partial charge in [0.1, 0.15) is 5.75 Å². The Balaban J connectivity index is 3.42. The number of hydrogen-bond donors (Lipinski definition) is 2. The molecule has 7 heteroatoms. The summed E-state index contributed by atoms with van der Waals surface area (Å²) < 4.78 is 30.0. The zero-order chi connectivity index (χ0) is 10.9. The lowest BCUT2D eigenvalue weighted by molar-refractivity contribution is 0.108. The van der Waals surface area contributed by atoms with Crippen LogP contribution < -0.4 is 0 Å². The summed E-state index contributed by atoms with van der Waals surface area (Å²) in [7, 11) is -2.55. The maximum absolute atomic E-state index is 10.9. The molecule has 0 aliphatic heterocycles. The van der Waals surface area contributed by atoms with Crippen LogP contribution in [0.3, 0.4) is 0 Å². The Morgan fingerprint density at radius 1 is 1.36 bits per heavy atom. The molecule has 76 valence electrons. The van der Waals surface area contributed by atoms with Gasteiger partial charge < -0.3 is 5.11 Å². The monoisotopic (exact) mass is 234 g/mol. The van der Waals surface area contributed by atoms with E-state index in [2.05, 4.69) is 0 Å². The van der Waals surface area contributed by atoms with Gasteiger partial charge in [0.2, 0.25) is 0 Å². The van der Waals surface area contributed by atoms with E-state index in [1.807, 2.05) is 0 Å². The minimum Gasteiger partial charge on any atom is -0.507 e. The summed E-state index contributed by atoms with van der Waals surface area (Å²) in [5, 5.41) is 9.16. The van der Waals surface area contributed by atoms with E-state index in [0.29, 0.717) is 0 Å². The molecule has 0 aliphatic rings. The summed E-state index contributed by atoms with van der Waals surface area (Å²) in [5.74, 6) is -0.336. The van der Waals surface area contributed by atoms with E-state index in [9.17, 15) is 13.2 Å². The second-order valence-corrected chi connectivity index (χ2v) is 4.46. The Morgan fingerprint density at radius 3 is 2.36 bits per heavy atom. The maximum Gasteiger partial charge on any atom is 0.294 e. The summed E-state index contributed by atoms with van der Waals surface area (Å²) >= 11 is 0. The SMILES string of the molecule is O=C(P)c1cc(S(=O)(=O)O)ccc1O.